The molecule has 0 spiro atoms. The zero-order valence-corrected chi connectivity index (χ0v) is 25.7. The Morgan fingerprint density at radius 2 is 1.79 bits per heavy atom. The van der Waals surface area contributed by atoms with Crippen molar-refractivity contribution >= 4 is 5.97 Å². The van der Waals surface area contributed by atoms with Crippen molar-refractivity contribution in [1.29, 1.82) is 0 Å². The fourth-order valence-corrected chi connectivity index (χ4v) is 10.6. The van der Waals surface area contributed by atoms with Gasteiger partial charge in [-0.2, -0.15) is 0 Å². The van der Waals surface area contributed by atoms with Crippen molar-refractivity contribution in [3.8, 4) is 0 Å². The highest BCUT2D eigenvalue weighted by atomic mass is 16.5. The van der Waals surface area contributed by atoms with Crippen LogP contribution in [0.15, 0.2) is 11.6 Å². The number of rotatable bonds is 9. The van der Waals surface area contributed by atoms with E-state index in [9.17, 15) is 4.79 Å². The lowest BCUT2D eigenvalue weighted by Crippen LogP contribution is -3.12. The molecule has 4 fully saturated rings. The molecule has 3 nitrogen and oxygen atoms in total. The molecule has 0 radical (unpaired) electrons. The van der Waals surface area contributed by atoms with E-state index in [2.05, 4.69) is 40.7 Å². The maximum absolute atomic E-state index is 12.7. The number of fused-ring (bicyclic) bond motifs is 5. The molecule has 8 unspecified atom stereocenters. The van der Waals surface area contributed by atoms with Crippen molar-refractivity contribution in [3.05, 3.63) is 11.6 Å². The third kappa shape index (κ3) is 5.80. The molecule has 5 rings (SSSR count). The van der Waals surface area contributed by atoms with Crippen LogP contribution in [-0.4, -0.2) is 31.7 Å². The summed E-state index contributed by atoms with van der Waals surface area (Å²) >= 11 is 0. The first-order valence-electron chi connectivity index (χ1n) is 16.9. The van der Waals surface area contributed by atoms with Crippen molar-refractivity contribution in [1.82, 2.24) is 0 Å². The van der Waals surface area contributed by atoms with E-state index < -0.39 is 0 Å². The Balaban J connectivity index is 1.17. The van der Waals surface area contributed by atoms with Crippen LogP contribution in [0.3, 0.4) is 0 Å². The summed E-state index contributed by atoms with van der Waals surface area (Å²) in [5, 5.41) is 0. The predicted octanol–water partition coefficient (Wildman–Crippen LogP) is 7.40. The van der Waals surface area contributed by atoms with E-state index in [1.807, 2.05) is 0 Å². The summed E-state index contributed by atoms with van der Waals surface area (Å²) in [5.74, 6) is 5.35. The first kappa shape index (κ1) is 28.7. The Hall–Kier alpha value is -0.830. The second-order valence-electron chi connectivity index (χ2n) is 15.5. The molecule has 0 aromatic rings. The van der Waals surface area contributed by atoms with Gasteiger partial charge >= 0.3 is 5.97 Å². The van der Waals surface area contributed by atoms with Crippen LogP contribution in [0.25, 0.3) is 0 Å². The van der Waals surface area contributed by atoms with Gasteiger partial charge in [0.1, 0.15) is 6.10 Å². The number of quaternary nitrogens is 1. The average molecular weight is 527 g/mol. The minimum absolute atomic E-state index is 0.0545. The molecule has 3 saturated carbocycles. The second-order valence-corrected chi connectivity index (χ2v) is 15.5. The number of carbonyl (C=O) groups is 1. The Labute approximate surface area is 234 Å². The van der Waals surface area contributed by atoms with Gasteiger partial charge in [0.15, 0.2) is 0 Å². The number of esters is 1. The smallest absolute Gasteiger partial charge is 0.311 e. The number of nitrogens with one attached hydrogen (secondary N) is 1. The highest BCUT2D eigenvalue weighted by Gasteiger charge is 2.59. The van der Waals surface area contributed by atoms with Crippen LogP contribution < -0.4 is 4.90 Å². The molecular formula is C35H60NO2+. The van der Waals surface area contributed by atoms with E-state index in [1.54, 1.807) is 10.5 Å². The number of likely N-dealkylation sites (tertiary alicyclic amines) is 1. The second kappa shape index (κ2) is 12.0. The minimum atomic E-state index is 0.0545. The summed E-state index contributed by atoms with van der Waals surface area (Å²) in [6.45, 7) is 16.1. The van der Waals surface area contributed by atoms with Crippen LogP contribution >= 0.6 is 0 Å². The molecule has 1 heterocycles. The molecule has 4 aliphatic carbocycles. The van der Waals surface area contributed by atoms with Crippen LogP contribution in [0.1, 0.15) is 131 Å². The first-order valence-corrected chi connectivity index (χ1v) is 16.9. The zero-order chi connectivity index (χ0) is 26.9. The summed E-state index contributed by atoms with van der Waals surface area (Å²) in [6, 6.07) is 0. The SMILES string of the molecule is CC(C)CCCC(C)C1CCC2C3CC=C4CC(OC(=O)CC[NH+]5CCCCC5)CCC4(C)C3CCC12C. The third-order valence-electron chi connectivity index (χ3n) is 12.8. The molecule has 1 N–H and O–H groups in total. The van der Waals surface area contributed by atoms with Gasteiger partial charge in [0.25, 0.3) is 0 Å². The highest BCUT2D eigenvalue weighted by molar-refractivity contribution is 5.69. The Kier molecular flexibility index (Phi) is 9.03. The van der Waals surface area contributed by atoms with Gasteiger partial charge in [-0.1, -0.05) is 65.5 Å². The maximum Gasteiger partial charge on any atom is 0.311 e. The van der Waals surface area contributed by atoms with Crippen LogP contribution in [0, 0.1) is 46.3 Å². The van der Waals surface area contributed by atoms with E-state index in [4.69, 9.17) is 4.74 Å². The van der Waals surface area contributed by atoms with Gasteiger partial charge in [-0.15, -0.1) is 0 Å². The largest absolute Gasteiger partial charge is 0.462 e. The standard InChI is InChI=1S/C35H59NO2/c1-25(2)10-9-11-26(3)30-14-15-31-29-13-12-27-24-28(38-33(37)18-23-36-21-7-6-8-22-36)16-19-34(27,4)32(29)17-20-35(30,31)5/h12,25-26,28-32H,6-11,13-24H2,1-5H3/p+1. The van der Waals surface area contributed by atoms with Gasteiger partial charge in [-0.05, 0) is 111 Å². The van der Waals surface area contributed by atoms with E-state index >= 15 is 0 Å². The Morgan fingerprint density at radius 3 is 2.55 bits per heavy atom. The summed E-state index contributed by atoms with van der Waals surface area (Å²) in [7, 11) is 0. The van der Waals surface area contributed by atoms with Gasteiger partial charge in [0, 0.05) is 6.42 Å². The number of carbonyl (C=O) groups excluding carboxylic acids is 1. The molecule has 5 aliphatic rings. The van der Waals surface area contributed by atoms with Crippen molar-refractivity contribution in [2.24, 2.45) is 46.3 Å². The lowest BCUT2D eigenvalue weighted by Gasteiger charge is -2.58. The molecular weight excluding hydrogens is 466 g/mol. The van der Waals surface area contributed by atoms with Crippen LogP contribution in [0.4, 0.5) is 0 Å². The quantitative estimate of drug-likeness (QED) is 0.251. The summed E-state index contributed by atoms with van der Waals surface area (Å²) < 4.78 is 6.09. The first-order chi connectivity index (χ1) is 18.2. The van der Waals surface area contributed by atoms with Crippen molar-refractivity contribution in [3.63, 3.8) is 0 Å². The average Bonchev–Trinajstić information content (AvgIpc) is 3.25. The Morgan fingerprint density at radius 1 is 1.00 bits per heavy atom. The summed E-state index contributed by atoms with van der Waals surface area (Å²) in [5.41, 5.74) is 2.54. The molecule has 0 bridgehead atoms. The summed E-state index contributed by atoms with van der Waals surface area (Å²) in [6.07, 6.45) is 22.0. The fraction of sp³-hybridized carbons (Fsp3) is 0.914. The van der Waals surface area contributed by atoms with Crippen LogP contribution in [0.5, 0.6) is 0 Å². The normalized spacial score (nSPS) is 40.2. The van der Waals surface area contributed by atoms with E-state index in [0.29, 0.717) is 17.3 Å². The topological polar surface area (TPSA) is 30.7 Å². The number of hydrogen-bond acceptors (Lipinski definition) is 2. The molecule has 0 aromatic heterocycles. The predicted molar refractivity (Wildman–Crippen MR) is 157 cm³/mol. The molecule has 3 heteroatoms. The number of piperidine rings is 1. The molecule has 38 heavy (non-hydrogen) atoms. The van der Waals surface area contributed by atoms with E-state index in [0.717, 1.165) is 54.9 Å². The van der Waals surface area contributed by atoms with Crippen LogP contribution in [-0.2, 0) is 9.53 Å². The number of hydrogen-bond donors (Lipinski definition) is 1. The van der Waals surface area contributed by atoms with Crippen molar-refractivity contribution in [2.45, 2.75) is 137 Å². The maximum atomic E-state index is 12.7. The Bertz CT molecular complexity index is 843. The number of ether oxygens (including phenoxy) is 1. The molecule has 1 saturated heterocycles. The summed E-state index contributed by atoms with van der Waals surface area (Å²) in [4.78, 5) is 14.3. The van der Waals surface area contributed by atoms with Gasteiger partial charge in [-0.25, -0.2) is 0 Å². The molecule has 0 amide bonds. The van der Waals surface area contributed by atoms with Gasteiger partial charge in [0.2, 0.25) is 0 Å². The lowest BCUT2D eigenvalue weighted by atomic mass is 9.47. The lowest BCUT2D eigenvalue weighted by molar-refractivity contribution is -0.904. The minimum Gasteiger partial charge on any atom is -0.462 e. The number of allylic oxidation sites excluding steroid dienone is 1. The molecule has 0 aromatic carbocycles. The molecule has 216 valence electrons. The third-order valence-corrected chi connectivity index (χ3v) is 12.8. The monoisotopic (exact) mass is 526 g/mol. The molecule has 1 aliphatic heterocycles. The van der Waals surface area contributed by atoms with Crippen molar-refractivity contribution < 1.29 is 14.4 Å². The van der Waals surface area contributed by atoms with Gasteiger partial charge in [-0.3, -0.25) is 4.79 Å². The highest BCUT2D eigenvalue weighted by Crippen LogP contribution is 2.67. The van der Waals surface area contributed by atoms with Crippen molar-refractivity contribution in [2.75, 3.05) is 19.6 Å². The van der Waals surface area contributed by atoms with Gasteiger partial charge in [0.05, 0.1) is 26.1 Å². The van der Waals surface area contributed by atoms with Crippen LogP contribution in [0.2, 0.25) is 0 Å². The van der Waals surface area contributed by atoms with E-state index in [1.165, 1.54) is 90.1 Å². The fourth-order valence-electron chi connectivity index (χ4n) is 10.6. The van der Waals surface area contributed by atoms with E-state index in [-0.39, 0.29) is 12.1 Å². The molecule has 8 atom stereocenters. The zero-order valence-electron chi connectivity index (χ0n) is 25.7. The van der Waals surface area contributed by atoms with Gasteiger partial charge < -0.3 is 9.64 Å².